The molecule has 0 aliphatic rings. The molecule has 0 fully saturated rings. The Morgan fingerprint density at radius 1 is 1.10 bits per heavy atom. The molecule has 4 aromatic rings. The second kappa shape index (κ2) is 8.22. The van der Waals surface area contributed by atoms with Crippen LogP contribution in [0.1, 0.15) is 6.92 Å². The van der Waals surface area contributed by atoms with E-state index in [1.807, 2.05) is 0 Å². The van der Waals surface area contributed by atoms with Crippen molar-refractivity contribution in [2.45, 2.75) is 19.6 Å². The summed E-state index contributed by atoms with van der Waals surface area (Å²) < 4.78 is 8.66. The quantitative estimate of drug-likeness (QED) is 0.473. The molecule has 0 saturated heterocycles. The summed E-state index contributed by atoms with van der Waals surface area (Å²) in [6, 6.07) is 12.0. The molecule has 0 radical (unpaired) electrons. The van der Waals surface area contributed by atoms with Gasteiger partial charge in [-0.05, 0) is 49.4 Å². The van der Waals surface area contributed by atoms with Crippen LogP contribution >= 0.6 is 23.2 Å². The van der Waals surface area contributed by atoms with Gasteiger partial charge in [-0.2, -0.15) is 0 Å². The van der Waals surface area contributed by atoms with Gasteiger partial charge in [-0.25, -0.2) is 9.78 Å². The average molecular weight is 461 g/mol. The number of ether oxygens (including phenoxy) is 1. The molecule has 2 N–H and O–H groups in total. The van der Waals surface area contributed by atoms with Gasteiger partial charge in [0.15, 0.2) is 11.2 Å². The molecule has 2 aromatic heterocycles. The Morgan fingerprint density at radius 3 is 2.35 bits per heavy atom. The van der Waals surface area contributed by atoms with E-state index in [0.717, 1.165) is 0 Å². The molecule has 0 aliphatic carbocycles. The zero-order chi connectivity index (χ0) is 22.3. The van der Waals surface area contributed by atoms with Gasteiger partial charge in [0, 0.05) is 22.7 Å². The molecule has 10 heteroatoms. The lowest BCUT2D eigenvalue weighted by atomic mass is 10.2. The van der Waals surface area contributed by atoms with Gasteiger partial charge < -0.3 is 14.4 Å². The average Bonchev–Trinajstić information content (AvgIpc) is 3.02. The maximum atomic E-state index is 12.4. The van der Waals surface area contributed by atoms with Crippen molar-refractivity contribution in [3.63, 3.8) is 0 Å². The van der Waals surface area contributed by atoms with Crippen molar-refractivity contribution in [2.75, 3.05) is 0 Å². The first-order chi connectivity index (χ1) is 14.7. The lowest BCUT2D eigenvalue weighted by Crippen LogP contribution is -2.33. The van der Waals surface area contributed by atoms with Crippen molar-refractivity contribution in [3.05, 3.63) is 73.3 Å². The van der Waals surface area contributed by atoms with Gasteiger partial charge in [-0.1, -0.05) is 23.2 Å². The van der Waals surface area contributed by atoms with E-state index in [-0.39, 0.29) is 17.7 Å². The highest BCUT2D eigenvalue weighted by Gasteiger charge is 2.18. The van der Waals surface area contributed by atoms with Crippen molar-refractivity contribution in [1.82, 2.24) is 19.1 Å². The van der Waals surface area contributed by atoms with Crippen molar-refractivity contribution in [3.8, 4) is 22.9 Å². The fourth-order valence-electron chi connectivity index (χ4n) is 3.33. The summed E-state index contributed by atoms with van der Waals surface area (Å²) in [5, 5.41) is 10.7. The number of fused-ring (bicyclic) bond motifs is 1. The minimum atomic E-state index is -0.784. The van der Waals surface area contributed by atoms with Crippen LogP contribution in [0.15, 0.2) is 52.1 Å². The van der Waals surface area contributed by atoms with Gasteiger partial charge in [-0.3, -0.25) is 14.3 Å². The summed E-state index contributed by atoms with van der Waals surface area (Å²) in [6.07, 6.45) is -0.784. The number of benzene rings is 2. The molecule has 2 aromatic carbocycles. The molecule has 31 heavy (non-hydrogen) atoms. The number of aromatic amines is 1. The van der Waals surface area contributed by atoms with E-state index in [1.165, 1.54) is 4.57 Å². The molecule has 0 saturated carbocycles. The van der Waals surface area contributed by atoms with Crippen LogP contribution in [-0.4, -0.2) is 30.3 Å². The van der Waals surface area contributed by atoms with Gasteiger partial charge in [0.25, 0.3) is 5.56 Å². The minimum Gasteiger partial charge on any atom is -0.457 e. The summed E-state index contributed by atoms with van der Waals surface area (Å²) >= 11 is 12.0. The molecule has 0 amide bonds. The summed E-state index contributed by atoms with van der Waals surface area (Å²) in [5.41, 5.74) is 0.00340. The van der Waals surface area contributed by atoms with E-state index in [0.29, 0.717) is 32.9 Å². The summed E-state index contributed by atoms with van der Waals surface area (Å²) in [6.45, 7) is 1.57. The molecule has 2 heterocycles. The second-order valence-electron chi connectivity index (χ2n) is 7.12. The largest absolute Gasteiger partial charge is 0.457 e. The number of imidazole rings is 1. The van der Waals surface area contributed by atoms with Crippen molar-refractivity contribution < 1.29 is 9.84 Å². The molecule has 1 unspecified atom stereocenters. The standard InChI is InChI=1S/C21H18Cl2N4O4/c1-11(28)10-27-19-17(20(29)25-21(27)30)26(2)18(24-19)12-3-5-15(6-4-12)31-16-8-13(22)7-14(23)9-16/h3-9,11,28H,10H2,1-2H3,(H,25,29,30). The number of halogens is 2. The van der Waals surface area contributed by atoms with Crippen LogP contribution in [0.4, 0.5) is 0 Å². The normalized spacial score (nSPS) is 12.3. The fraction of sp³-hybridized carbons (Fsp3) is 0.190. The molecular formula is C21H18Cl2N4O4. The zero-order valence-electron chi connectivity index (χ0n) is 16.6. The van der Waals surface area contributed by atoms with Crippen molar-refractivity contribution >= 4 is 34.4 Å². The molecule has 0 aliphatic heterocycles. The Labute approximate surface area is 186 Å². The van der Waals surface area contributed by atoms with E-state index in [2.05, 4.69) is 9.97 Å². The number of aromatic nitrogens is 4. The van der Waals surface area contributed by atoms with Gasteiger partial charge in [-0.15, -0.1) is 0 Å². The third kappa shape index (κ3) is 4.23. The number of aryl methyl sites for hydroxylation is 1. The van der Waals surface area contributed by atoms with E-state index < -0.39 is 17.4 Å². The monoisotopic (exact) mass is 460 g/mol. The Hall–Kier alpha value is -3.07. The third-order valence-corrected chi connectivity index (χ3v) is 5.08. The topological polar surface area (TPSA) is 102 Å². The SMILES string of the molecule is CC(O)Cn1c(=O)[nH]c(=O)c2c1nc(-c1ccc(Oc3cc(Cl)cc(Cl)c3)cc1)n2C. The predicted molar refractivity (Wildman–Crippen MR) is 119 cm³/mol. The van der Waals surface area contributed by atoms with Crippen LogP contribution in [0.3, 0.4) is 0 Å². The molecule has 0 spiro atoms. The lowest BCUT2D eigenvalue weighted by molar-refractivity contribution is 0.173. The number of hydrogen-bond acceptors (Lipinski definition) is 5. The third-order valence-electron chi connectivity index (χ3n) is 4.64. The number of aliphatic hydroxyl groups excluding tert-OH is 1. The maximum Gasteiger partial charge on any atom is 0.330 e. The Balaban J connectivity index is 1.73. The highest BCUT2D eigenvalue weighted by Crippen LogP contribution is 2.30. The predicted octanol–water partition coefficient (Wildman–Crippen LogP) is 3.57. The Bertz CT molecular complexity index is 1370. The Morgan fingerprint density at radius 2 is 1.74 bits per heavy atom. The van der Waals surface area contributed by atoms with Crippen LogP contribution in [0.2, 0.25) is 10.0 Å². The van der Waals surface area contributed by atoms with Crippen molar-refractivity contribution in [1.29, 1.82) is 0 Å². The maximum absolute atomic E-state index is 12.4. The highest BCUT2D eigenvalue weighted by molar-refractivity contribution is 6.34. The molecule has 4 rings (SSSR count). The van der Waals surface area contributed by atoms with Gasteiger partial charge in [0.2, 0.25) is 0 Å². The van der Waals surface area contributed by atoms with Crippen LogP contribution in [0.5, 0.6) is 11.5 Å². The van der Waals surface area contributed by atoms with Gasteiger partial charge >= 0.3 is 5.69 Å². The lowest BCUT2D eigenvalue weighted by Gasteiger charge is -2.08. The van der Waals surface area contributed by atoms with E-state index in [9.17, 15) is 14.7 Å². The van der Waals surface area contributed by atoms with Crippen molar-refractivity contribution in [2.24, 2.45) is 7.05 Å². The number of nitrogens with zero attached hydrogens (tertiary/aromatic N) is 3. The van der Waals surface area contributed by atoms with Gasteiger partial charge in [0.05, 0.1) is 12.6 Å². The minimum absolute atomic E-state index is 0.0114. The molecular weight excluding hydrogens is 443 g/mol. The molecule has 160 valence electrons. The van der Waals surface area contributed by atoms with Crippen LogP contribution in [0.25, 0.3) is 22.6 Å². The second-order valence-corrected chi connectivity index (χ2v) is 7.99. The molecule has 0 bridgehead atoms. The van der Waals surface area contributed by atoms with E-state index in [4.69, 9.17) is 27.9 Å². The van der Waals surface area contributed by atoms with Crippen LogP contribution < -0.4 is 16.0 Å². The van der Waals surface area contributed by atoms with E-state index in [1.54, 1.807) is 61.0 Å². The highest BCUT2D eigenvalue weighted by atomic mass is 35.5. The fourth-order valence-corrected chi connectivity index (χ4v) is 3.84. The number of nitrogens with one attached hydrogen (secondary N) is 1. The first-order valence-corrected chi connectivity index (χ1v) is 10.1. The summed E-state index contributed by atoms with van der Waals surface area (Å²) in [7, 11) is 1.69. The number of aliphatic hydroxyl groups is 1. The molecule has 1 atom stereocenters. The number of H-pyrrole nitrogens is 1. The summed E-state index contributed by atoms with van der Waals surface area (Å²) in [4.78, 5) is 31.4. The number of rotatable bonds is 5. The van der Waals surface area contributed by atoms with E-state index >= 15 is 0 Å². The first kappa shape index (κ1) is 21.2. The smallest absolute Gasteiger partial charge is 0.330 e. The van der Waals surface area contributed by atoms with Gasteiger partial charge in [0.1, 0.15) is 17.3 Å². The van der Waals surface area contributed by atoms with Crippen LogP contribution in [-0.2, 0) is 13.6 Å². The summed E-state index contributed by atoms with van der Waals surface area (Å²) in [5.74, 6) is 1.55. The zero-order valence-corrected chi connectivity index (χ0v) is 18.1. The molecule has 8 nitrogen and oxygen atoms in total. The number of hydrogen-bond donors (Lipinski definition) is 2. The Kier molecular flexibility index (Phi) is 5.62. The first-order valence-electron chi connectivity index (χ1n) is 9.35. The van der Waals surface area contributed by atoms with Crippen LogP contribution in [0, 0.1) is 0 Å².